The van der Waals surface area contributed by atoms with E-state index in [0.717, 1.165) is 43.2 Å². The Morgan fingerprint density at radius 1 is 0.470 bits per heavy atom. The second kappa shape index (κ2) is 42.5. The van der Waals surface area contributed by atoms with Gasteiger partial charge < -0.3 is 48.4 Å². The second-order valence-electron chi connectivity index (χ2n) is 9.47. The van der Waals surface area contributed by atoms with Crippen molar-refractivity contribution in [3.63, 3.8) is 0 Å². The molecule has 0 heterocycles. The van der Waals surface area contributed by atoms with Crippen LogP contribution in [0.15, 0.2) is 0 Å². The standard InChI is InChI=1S/C6H10N4O12S3.C5H8N2O7S.C4H8N2O7S.C3H6N2O6S/c11-7(12)19-1-5(21-9(15)16)3-23-25-24-4-6(22-10(17)18)2-20-8(13)14;1-4(8)15-3-5(14-7(11)12)2-13-6(9)10;7-5(8)12-1-3-14(11)4-2-13-6(9)10;6-4(7)10-1-3(2-12)11-5(8)9/h5-6H,1-4H2;5H,2-3H2,1H3;1-4H2;3,12H,1-2H2. The molecule has 0 saturated carbocycles. The molecule has 0 amide bonds. The largest absolute Gasteiger partial charge is 0.313 e. The van der Waals surface area contributed by atoms with Gasteiger partial charge in [0.1, 0.15) is 64.1 Å². The summed E-state index contributed by atoms with van der Waals surface area (Å²) < 4.78 is 10.9. The minimum atomic E-state index is -1.41. The van der Waals surface area contributed by atoms with Crippen molar-refractivity contribution in [1.29, 1.82) is 0 Å². The summed E-state index contributed by atoms with van der Waals surface area (Å²) in [5, 5.41) is 88.0. The summed E-state index contributed by atoms with van der Waals surface area (Å²) >= 11 is 4.42. The molecule has 382 valence electrons. The first-order valence-corrected chi connectivity index (χ1v) is 22.5. The highest BCUT2D eigenvalue weighted by Gasteiger charge is 2.20. The molecule has 0 bridgehead atoms. The Labute approximate surface area is 385 Å². The summed E-state index contributed by atoms with van der Waals surface area (Å²) in [5.74, 6) is -0.361. The van der Waals surface area contributed by atoms with E-state index in [2.05, 4.69) is 61.0 Å². The maximum Gasteiger partial charge on any atom is 0.294 e. The van der Waals surface area contributed by atoms with Gasteiger partial charge in [0.15, 0.2) is 5.12 Å². The highest BCUT2D eigenvalue weighted by atomic mass is 33.5. The van der Waals surface area contributed by atoms with E-state index in [1.807, 2.05) is 0 Å². The molecule has 0 aliphatic carbocycles. The molecule has 66 heavy (non-hydrogen) atoms. The third kappa shape index (κ3) is 57.6. The minimum Gasteiger partial charge on any atom is -0.313 e. The van der Waals surface area contributed by atoms with E-state index in [9.17, 15) is 110 Å². The van der Waals surface area contributed by atoms with E-state index >= 15 is 0 Å². The predicted octanol–water partition coefficient (Wildman–Crippen LogP) is -0.509. The molecule has 0 aromatic carbocycles. The van der Waals surface area contributed by atoms with Crippen molar-refractivity contribution in [2.75, 3.05) is 74.2 Å². The molecule has 0 spiro atoms. The van der Waals surface area contributed by atoms with Crippen LogP contribution in [0.4, 0.5) is 0 Å². The van der Waals surface area contributed by atoms with E-state index in [4.69, 9.17) is 0 Å². The Balaban J connectivity index is -0.000000407. The number of thiol groups is 1. The Morgan fingerprint density at radius 3 is 1.00 bits per heavy atom. The van der Waals surface area contributed by atoms with Crippen LogP contribution in [-0.4, -0.2) is 159 Å². The van der Waals surface area contributed by atoms with E-state index in [1.165, 1.54) is 6.92 Å². The Morgan fingerprint density at radius 2 is 0.742 bits per heavy atom. The fourth-order valence-corrected chi connectivity index (χ4v) is 7.80. The molecule has 0 fully saturated rings. The lowest BCUT2D eigenvalue weighted by atomic mass is 10.4. The monoisotopic (exact) mass is 1090 g/mol. The van der Waals surface area contributed by atoms with E-state index in [1.54, 1.807) is 0 Å². The topological polar surface area (TPSA) is 558 Å². The fourth-order valence-electron chi connectivity index (χ4n) is 2.47. The van der Waals surface area contributed by atoms with Gasteiger partial charge in [0.05, 0.1) is 0 Å². The average Bonchev–Trinajstić information content (AvgIpc) is 3.17. The number of carbonyl (C=O) groups excluding carboxylic acids is 1. The van der Waals surface area contributed by atoms with Crippen LogP contribution < -0.4 is 0 Å². The number of thioether (sulfide) groups is 1. The maximum absolute atomic E-state index is 10.9. The first-order chi connectivity index (χ1) is 30.7. The molecule has 0 saturated heterocycles. The van der Waals surface area contributed by atoms with Crippen LogP contribution in [0, 0.1) is 101 Å². The summed E-state index contributed by atoms with van der Waals surface area (Å²) in [6, 6.07) is 0. The van der Waals surface area contributed by atoms with Crippen molar-refractivity contribution in [1.82, 2.24) is 0 Å². The maximum atomic E-state index is 10.9. The molecular weight excluding hydrogens is 1060 g/mol. The van der Waals surface area contributed by atoms with E-state index in [0.29, 0.717) is 0 Å². The first kappa shape index (κ1) is 66.2. The van der Waals surface area contributed by atoms with Crippen LogP contribution in [0.25, 0.3) is 0 Å². The second-order valence-corrected chi connectivity index (χ2v) is 17.0. The van der Waals surface area contributed by atoms with Crippen molar-refractivity contribution < 1.29 is 108 Å². The first-order valence-electron chi connectivity index (χ1n) is 15.6. The van der Waals surface area contributed by atoms with Gasteiger partial charge in [-0.2, -0.15) is 12.6 Å². The normalized spacial score (nSPS) is 11.6. The average molecular weight is 1090 g/mol. The summed E-state index contributed by atoms with van der Waals surface area (Å²) in [4.78, 5) is 150. The Hall–Kier alpha value is -6.43. The highest BCUT2D eigenvalue weighted by molar-refractivity contribution is 9.09. The van der Waals surface area contributed by atoms with E-state index < -0.39 is 113 Å². The van der Waals surface area contributed by atoms with Crippen molar-refractivity contribution in [3.05, 3.63) is 101 Å². The van der Waals surface area contributed by atoms with Gasteiger partial charge in [-0.25, -0.2) is 0 Å². The van der Waals surface area contributed by atoms with Gasteiger partial charge in [-0.1, -0.05) is 33.3 Å². The Bertz CT molecular complexity index is 1480. The minimum absolute atomic E-state index is 0.0329. The molecule has 48 heteroatoms. The van der Waals surface area contributed by atoms with Gasteiger partial charge in [0.25, 0.3) is 50.9 Å². The van der Waals surface area contributed by atoms with Crippen LogP contribution in [0.1, 0.15) is 6.92 Å². The smallest absolute Gasteiger partial charge is 0.294 e. The lowest BCUT2D eigenvalue weighted by Gasteiger charge is -2.14. The van der Waals surface area contributed by atoms with Crippen molar-refractivity contribution >= 4 is 71.7 Å². The highest BCUT2D eigenvalue weighted by Crippen LogP contribution is 2.36. The molecule has 0 aliphatic rings. The van der Waals surface area contributed by atoms with Crippen LogP contribution in [0.3, 0.4) is 0 Å². The van der Waals surface area contributed by atoms with Gasteiger partial charge >= 0.3 is 0 Å². The molecule has 0 aromatic heterocycles. The lowest BCUT2D eigenvalue weighted by molar-refractivity contribution is -0.788. The van der Waals surface area contributed by atoms with Crippen molar-refractivity contribution in [2.24, 2.45) is 0 Å². The molecule has 42 nitrogen and oxygen atoms in total. The zero-order valence-corrected chi connectivity index (χ0v) is 37.3. The molecule has 0 rings (SSSR count). The molecule has 0 radical (unpaired) electrons. The third-order valence-electron chi connectivity index (χ3n) is 4.70. The summed E-state index contributed by atoms with van der Waals surface area (Å²) in [6.07, 6.45) is -4.57. The molecule has 0 aromatic rings. The van der Waals surface area contributed by atoms with Gasteiger partial charge in [-0.05, 0) is 9.83 Å². The van der Waals surface area contributed by atoms with E-state index in [-0.39, 0.29) is 52.8 Å². The zero-order valence-electron chi connectivity index (χ0n) is 32.3. The van der Waals surface area contributed by atoms with Gasteiger partial charge in [0.2, 0.25) is 0 Å². The number of hydrogen-bond acceptors (Lipinski definition) is 37. The molecule has 0 N–H and O–H groups in total. The summed E-state index contributed by atoms with van der Waals surface area (Å²) in [7, 11) is 1.57. The third-order valence-corrected chi connectivity index (χ3v) is 11.6. The van der Waals surface area contributed by atoms with Crippen LogP contribution in [0.5, 0.6) is 0 Å². The number of hydrogen-bond donors (Lipinski definition) is 1. The predicted molar refractivity (Wildman–Crippen MR) is 213 cm³/mol. The molecule has 0 aliphatic heterocycles. The molecule has 4 atom stereocenters. The van der Waals surface area contributed by atoms with Crippen molar-refractivity contribution in [2.45, 2.75) is 31.3 Å². The van der Waals surface area contributed by atoms with Crippen LogP contribution in [-0.2, 0) is 64.0 Å². The summed E-state index contributed by atoms with van der Waals surface area (Å²) in [6.45, 7) is -1.73. The lowest BCUT2D eigenvalue weighted by Crippen LogP contribution is -2.27. The number of carbonyl (C=O) groups is 1. The Kier molecular flexibility index (Phi) is 42.6. The summed E-state index contributed by atoms with van der Waals surface area (Å²) in [5.41, 5.74) is 0. The number of nitrogens with zero attached hydrogens (tertiary/aromatic N) is 10. The van der Waals surface area contributed by atoms with Gasteiger partial charge in [-0.3, -0.25) is 9.00 Å². The number of rotatable bonds is 37. The van der Waals surface area contributed by atoms with Gasteiger partial charge in [-0.15, -0.1) is 101 Å². The molecule has 4 unspecified atom stereocenters. The quantitative estimate of drug-likeness (QED) is 0.0269. The van der Waals surface area contributed by atoms with Crippen LogP contribution >= 0.6 is 55.8 Å². The SMILES string of the molecule is CC(=O)SCC(CO[N+](=O)[O-])O[N+](=O)[O-].O=[N+]([O-])OCC(CS)O[N+](=O)[O-].O=[N+]([O-])OCC(CSSSCC(CO[N+](=O)[O-])O[N+](=O)[O-])O[N+](=O)[O-].O=[N+]([O-])OCCS(=O)CCO[N+](=O)[O-]. The van der Waals surface area contributed by atoms with Crippen molar-refractivity contribution in [3.8, 4) is 0 Å². The van der Waals surface area contributed by atoms with Crippen LogP contribution in [0.2, 0.25) is 0 Å². The molecular formula is C18H32N10O32S6. The van der Waals surface area contributed by atoms with Gasteiger partial charge in [0, 0.05) is 52.2 Å². The zero-order chi connectivity index (χ0) is 51.6. The fraction of sp³-hybridized carbons (Fsp3) is 0.944.